The number of nitrogens with zero attached hydrogens (tertiary/aromatic N) is 7. The quantitative estimate of drug-likeness (QED) is 0.0374. The number of carbonyl (C=O) groups is 7. The van der Waals surface area contributed by atoms with Gasteiger partial charge in [-0.3, -0.25) is 58.5 Å². The molecule has 0 fully saturated rings. The molecule has 0 bridgehead atoms. The van der Waals surface area contributed by atoms with Gasteiger partial charge in [-0.2, -0.15) is 0 Å². The number of pyridine rings is 4. The molecule has 0 atom stereocenters. The number of ketones is 7. The molecule has 6 aromatic heterocycles. The van der Waals surface area contributed by atoms with Crippen LogP contribution in [0.4, 0.5) is 0 Å². The fourth-order valence-corrected chi connectivity index (χ4v) is 15.0. The van der Waals surface area contributed by atoms with E-state index in [0.29, 0.717) is 0 Å². The van der Waals surface area contributed by atoms with Crippen LogP contribution < -0.4 is 0 Å². The first kappa shape index (κ1) is 112. The van der Waals surface area contributed by atoms with Crippen LogP contribution in [0.25, 0.3) is 144 Å². The van der Waals surface area contributed by atoms with Gasteiger partial charge in [0.2, 0.25) is 0 Å². The average Bonchev–Trinajstić information content (AvgIpc) is 1.53. The average molecular weight is 2690 g/mol. The summed E-state index contributed by atoms with van der Waals surface area (Å²) < 4.78 is 4.48. The van der Waals surface area contributed by atoms with Crippen LogP contribution in [0.15, 0.2) is 321 Å². The van der Waals surface area contributed by atoms with Crippen molar-refractivity contribution >= 4 is 122 Å². The van der Waals surface area contributed by atoms with Gasteiger partial charge in [0.25, 0.3) is 0 Å². The van der Waals surface area contributed by atoms with E-state index >= 15 is 0 Å². The summed E-state index contributed by atoms with van der Waals surface area (Å²) in [6.07, 6.45) is 3.42. The van der Waals surface area contributed by atoms with Crippen LogP contribution in [0.3, 0.4) is 0 Å². The molecule has 0 aliphatic carbocycles. The normalized spacial score (nSPS) is 10.2. The number of allylic oxidation sites excluding steroid dienone is 2. The molecular formula is C116H104Ir5N7O8-5. The standard InChI is InChI=1S/C24H19N2.C20H14N.C19H13N2.C17H14N.C16H12N.4C5H8O2.5Ir/c1-15-11-12-21-20(13-15)18-9-4-5-10-19(18)24-25-14-22(26(21)24)23-16(2)7-6-8-17(23)3;1-14-13-20(21-19-12-5-4-9-16(14)19)18-11-6-8-15-7-2-3-10-17(15)18;1-3-9-15(10-4-1)19-20-17-13-7-8-14-18(17)21(19)16-11-5-2-6-12-16;1-12-4-3-5-15(10-12)16-9-8-14-7-6-13(2)11-17(14)18-16;1-12-11-14-9-5-6-10-15(14)17-16(12)13-7-3-2-4-8-13;4*1-4(6)3-5(2)7;;;;;/h4-9,11-14H,1-3H3;2-10,12-13H,1H3;1-9,11-14H;3-4,6-11H,1-2H3;2-7,9-11H,1H3;3*3H2,1-2H3;3,6H,1-2H3;;;;;/q5*-1;;;;;;;;;. The van der Waals surface area contributed by atoms with Gasteiger partial charge in [0, 0.05) is 135 Å². The van der Waals surface area contributed by atoms with E-state index in [-0.39, 0.29) is 166 Å². The van der Waals surface area contributed by atoms with Crippen LogP contribution >= 0.6 is 0 Å². The van der Waals surface area contributed by atoms with Crippen molar-refractivity contribution in [3.8, 4) is 62.1 Å². The molecular weight excluding hydrogens is 2580 g/mol. The summed E-state index contributed by atoms with van der Waals surface area (Å²) in [6.45, 7) is 26.2. The molecule has 136 heavy (non-hydrogen) atoms. The summed E-state index contributed by atoms with van der Waals surface area (Å²) in [4.78, 5) is 94.1. The maximum Gasteiger partial charge on any atom is 0.155 e. The van der Waals surface area contributed by atoms with Crippen molar-refractivity contribution in [2.45, 2.75) is 123 Å². The second-order valence-corrected chi connectivity index (χ2v) is 32.1. The van der Waals surface area contributed by atoms with E-state index in [9.17, 15) is 33.6 Å². The maximum absolute atomic E-state index is 10.0. The smallest absolute Gasteiger partial charge is 0.155 e. The molecule has 0 saturated carbocycles. The Bertz CT molecular complexity index is 7260. The number of fused-ring (bicyclic) bond motifs is 11. The molecule has 20 heteroatoms. The second kappa shape index (κ2) is 54.9. The third kappa shape index (κ3) is 31.5. The Morgan fingerprint density at radius 1 is 0.346 bits per heavy atom. The van der Waals surface area contributed by atoms with Gasteiger partial charge in [0.1, 0.15) is 34.7 Å². The first-order valence-corrected chi connectivity index (χ1v) is 43.1. The van der Waals surface area contributed by atoms with Crippen LogP contribution in [-0.2, 0) is 134 Å². The van der Waals surface area contributed by atoms with Crippen molar-refractivity contribution < 1.29 is 139 Å². The van der Waals surface area contributed by atoms with Crippen LogP contribution in [0.2, 0.25) is 0 Å². The van der Waals surface area contributed by atoms with Crippen LogP contribution in [0.5, 0.6) is 0 Å². The predicted octanol–water partition coefficient (Wildman–Crippen LogP) is 26.7. The third-order valence-corrected chi connectivity index (χ3v) is 20.6. The first-order chi connectivity index (χ1) is 63.0. The summed E-state index contributed by atoms with van der Waals surface area (Å²) in [6, 6.07) is 120. The van der Waals surface area contributed by atoms with Gasteiger partial charge in [-0.25, -0.2) is 0 Å². The minimum Gasteiger partial charge on any atom is -0.512 e. The van der Waals surface area contributed by atoms with E-state index in [1.165, 1.54) is 149 Å². The number of aryl methyl sites for hydroxylation is 7. The number of imidazole rings is 2. The Morgan fingerprint density at radius 3 is 1.46 bits per heavy atom. The van der Waals surface area contributed by atoms with E-state index < -0.39 is 0 Å². The minimum absolute atomic E-state index is 0. The maximum atomic E-state index is 10.0. The number of aliphatic hydroxyl groups excluding tert-OH is 1. The van der Waals surface area contributed by atoms with Crippen LogP contribution in [-0.4, -0.2) is 79.5 Å². The zero-order valence-electron chi connectivity index (χ0n) is 78.2. The molecule has 0 saturated heterocycles. The van der Waals surface area contributed by atoms with Crippen molar-refractivity contribution in [3.05, 3.63) is 391 Å². The number of hydrogen-bond acceptors (Lipinski definition) is 13. The number of rotatable bonds is 13. The topological polar surface area (TPSA) is 214 Å². The van der Waals surface area contributed by atoms with E-state index in [4.69, 9.17) is 30.0 Å². The molecule has 701 valence electrons. The van der Waals surface area contributed by atoms with Gasteiger partial charge in [-0.1, -0.05) is 187 Å². The fraction of sp³-hybridized carbons (Fsp3) is 0.155. The molecule has 19 rings (SSSR count). The van der Waals surface area contributed by atoms with Gasteiger partial charge in [0.15, 0.2) is 5.78 Å². The number of para-hydroxylation sites is 5. The summed E-state index contributed by atoms with van der Waals surface area (Å²) in [5.41, 5.74) is 26.7. The largest absolute Gasteiger partial charge is 0.512 e. The zero-order chi connectivity index (χ0) is 93.8. The van der Waals surface area contributed by atoms with Crippen LogP contribution in [0.1, 0.15) is 114 Å². The number of benzene rings is 13. The molecule has 0 spiro atoms. The number of Topliss-reactive ketones (excluding diaryl/α,β-unsaturated/α-hetero) is 6. The molecule has 0 unspecified atom stereocenters. The molecule has 13 aromatic carbocycles. The predicted molar refractivity (Wildman–Crippen MR) is 534 cm³/mol. The third-order valence-electron chi connectivity index (χ3n) is 20.6. The Morgan fingerprint density at radius 2 is 0.860 bits per heavy atom. The van der Waals surface area contributed by atoms with Crippen molar-refractivity contribution in [2.24, 2.45) is 0 Å². The van der Waals surface area contributed by atoms with E-state index in [1.807, 2.05) is 134 Å². The van der Waals surface area contributed by atoms with E-state index in [0.717, 1.165) is 95.2 Å². The molecule has 0 aliphatic heterocycles. The van der Waals surface area contributed by atoms with Crippen molar-refractivity contribution in [1.29, 1.82) is 0 Å². The van der Waals surface area contributed by atoms with E-state index in [1.54, 1.807) is 0 Å². The molecule has 1 N–H and O–H groups in total. The van der Waals surface area contributed by atoms with Gasteiger partial charge in [-0.15, -0.1) is 166 Å². The SMILES string of the molecule is CC(=O)C=C(C)O.CC(=O)CC(C)=O.CC(=O)CC(C)=O.CC(=O)CC(C)=O.Cc1cc(-c2[c-]ccc3ccccc23)nc2ccccc12.Cc1cc2ccccc2nc1-c1[c-]cccc1.Cc1cc[c-]c(-c2ccc3ccc(C)cc3n2)c1.Cc1ccc2c(c1)c1ccc[c-]c1c1ncc(-c3c(C)cccc3C)n21.[Ir].[Ir].[Ir].[Ir].[Ir].[c-]1ccccc1-c1nc2ccccc2n1-c1ccccc1. The van der Waals surface area contributed by atoms with Gasteiger partial charge >= 0.3 is 0 Å². The van der Waals surface area contributed by atoms with E-state index in [2.05, 4.69) is 264 Å². The number of aliphatic hydroxyl groups is 1. The van der Waals surface area contributed by atoms with Gasteiger partial charge in [-0.05, 0) is 201 Å². The van der Waals surface area contributed by atoms with Crippen LogP contribution in [0, 0.1) is 78.8 Å². The van der Waals surface area contributed by atoms with Gasteiger partial charge < -0.3 is 14.1 Å². The Kier molecular flexibility index (Phi) is 45.3. The zero-order valence-corrected chi connectivity index (χ0v) is 90.2. The summed E-state index contributed by atoms with van der Waals surface area (Å²) in [7, 11) is 0. The first-order valence-electron chi connectivity index (χ1n) is 43.1. The summed E-state index contributed by atoms with van der Waals surface area (Å²) in [5, 5.41) is 17.9. The minimum atomic E-state index is -0.125. The van der Waals surface area contributed by atoms with Gasteiger partial charge in [0.05, 0.1) is 69.8 Å². The van der Waals surface area contributed by atoms with Crippen molar-refractivity contribution in [2.75, 3.05) is 0 Å². The molecule has 0 aliphatic rings. The number of carbonyl (C=O) groups excluding carboxylic acids is 7. The summed E-state index contributed by atoms with van der Waals surface area (Å²) in [5.74, 6) is 0.482. The summed E-state index contributed by atoms with van der Waals surface area (Å²) >= 11 is 0. The Labute approximate surface area is 863 Å². The Balaban J connectivity index is 0.000000243. The number of aromatic nitrogens is 7. The Hall–Kier alpha value is -12.5. The molecule has 5 radical (unpaired) electrons. The monoisotopic (exact) mass is 2690 g/mol. The fourth-order valence-electron chi connectivity index (χ4n) is 15.0. The van der Waals surface area contributed by atoms with Crippen molar-refractivity contribution in [3.63, 3.8) is 0 Å². The van der Waals surface area contributed by atoms with Crippen molar-refractivity contribution in [1.82, 2.24) is 33.9 Å². The molecule has 0 amide bonds. The number of hydrogen-bond donors (Lipinski definition) is 1. The molecule has 15 nitrogen and oxygen atoms in total. The molecule has 6 heterocycles. The molecule has 19 aromatic rings. The second-order valence-electron chi connectivity index (χ2n) is 32.1.